The lowest BCUT2D eigenvalue weighted by Crippen LogP contribution is -2.69. The summed E-state index contributed by atoms with van der Waals surface area (Å²) in [5.41, 5.74) is -7.89. The Balaban J connectivity index is 2.18. The van der Waals surface area contributed by atoms with Gasteiger partial charge in [0.25, 0.3) is 0 Å². The van der Waals surface area contributed by atoms with Gasteiger partial charge in [-0.2, -0.15) is 4.99 Å². The number of nitrogens with zero attached hydrogens (tertiary/aromatic N) is 1. The molecular weight excluding hydrogens is 664 g/mol. The monoisotopic (exact) mass is 700 g/mol. The second kappa shape index (κ2) is 15.2. The summed E-state index contributed by atoms with van der Waals surface area (Å²) in [6.45, 7) is 4.16. The Morgan fingerprint density at radius 3 is 2.35 bits per heavy atom. The molecule has 0 bridgehead atoms. The van der Waals surface area contributed by atoms with E-state index in [1.165, 1.54) is 27.0 Å². The lowest BCUT2D eigenvalue weighted by molar-refractivity contribution is -0.333. The van der Waals surface area contributed by atoms with Crippen LogP contribution in [0.4, 0.5) is 0 Å². The van der Waals surface area contributed by atoms with E-state index in [1.807, 2.05) is 5.16 Å². The SMILES string of the molecule is CC=C(N=C=S)C(=O)OC1C(COC(C)=O)OC(C2(O)CC(=O)C(=N)C(C(=O)O)=C2O)C(O)C1OC1CC(OC)C(O)(C(C)=O)C(C)O1. The van der Waals surface area contributed by atoms with Gasteiger partial charge in [-0.3, -0.25) is 19.8 Å². The number of esters is 2. The smallest absolute Gasteiger partial charge is 0.357 e. The number of carbonyl (C=O) groups is 5. The highest BCUT2D eigenvalue weighted by molar-refractivity contribution is 7.78. The molecule has 3 rings (SSSR count). The molecule has 0 radical (unpaired) electrons. The molecule has 3 aliphatic rings. The fraction of sp³-hybridized carbons (Fsp3) is 0.621. The third-order valence-corrected chi connectivity index (χ3v) is 8.41. The number of allylic oxidation sites excluding steroid dienone is 1. The number of aliphatic hydroxyl groups is 4. The van der Waals surface area contributed by atoms with Gasteiger partial charge in [-0.15, -0.1) is 0 Å². The van der Waals surface area contributed by atoms with Gasteiger partial charge in [0.05, 0.1) is 17.7 Å². The molecule has 0 aromatic rings. The molecule has 0 amide bonds. The molecule has 0 aromatic heterocycles. The highest BCUT2D eigenvalue weighted by atomic mass is 32.1. The largest absolute Gasteiger partial charge is 0.508 e. The second-order valence-corrected chi connectivity index (χ2v) is 11.4. The van der Waals surface area contributed by atoms with E-state index in [-0.39, 0.29) is 12.1 Å². The van der Waals surface area contributed by atoms with Crippen molar-refractivity contribution in [2.75, 3.05) is 13.7 Å². The number of carboxylic acids is 1. The number of aliphatic imine (C=N–C) groups is 1. The van der Waals surface area contributed by atoms with Gasteiger partial charge < -0.3 is 54.0 Å². The lowest BCUT2D eigenvalue weighted by Gasteiger charge is -2.51. The second-order valence-electron chi connectivity index (χ2n) is 11.2. The fourth-order valence-electron chi connectivity index (χ4n) is 5.80. The molecule has 2 fully saturated rings. The molecule has 2 heterocycles. The number of ether oxygens (including phenoxy) is 6. The number of methoxy groups -OCH3 is 1. The van der Waals surface area contributed by atoms with Crippen molar-refractivity contribution in [1.82, 2.24) is 0 Å². The van der Waals surface area contributed by atoms with Gasteiger partial charge in [-0.05, 0) is 33.0 Å². The van der Waals surface area contributed by atoms with E-state index in [9.17, 15) is 49.5 Å². The van der Waals surface area contributed by atoms with E-state index >= 15 is 0 Å². The minimum atomic E-state index is -3.01. The minimum Gasteiger partial charge on any atom is -0.508 e. The van der Waals surface area contributed by atoms with Crippen molar-refractivity contribution in [3.05, 3.63) is 23.1 Å². The average molecular weight is 701 g/mol. The van der Waals surface area contributed by atoms with Crippen molar-refractivity contribution in [1.29, 1.82) is 5.41 Å². The zero-order valence-electron chi connectivity index (χ0n) is 26.4. The number of Topliss-reactive ketones (excluding diaryl/α,β-unsaturated/α-hetero) is 2. The van der Waals surface area contributed by atoms with E-state index in [4.69, 9.17) is 33.8 Å². The first-order valence-corrected chi connectivity index (χ1v) is 14.8. The van der Waals surface area contributed by atoms with Crippen LogP contribution in [0.5, 0.6) is 0 Å². The summed E-state index contributed by atoms with van der Waals surface area (Å²) < 4.78 is 33.6. The highest BCUT2D eigenvalue weighted by Gasteiger charge is 2.61. The van der Waals surface area contributed by atoms with Crippen LogP contribution >= 0.6 is 12.2 Å². The lowest BCUT2D eigenvalue weighted by atomic mass is 9.74. The zero-order valence-corrected chi connectivity index (χ0v) is 27.2. The molecule has 264 valence electrons. The Morgan fingerprint density at radius 1 is 1.19 bits per heavy atom. The number of isothiocyanates is 1. The van der Waals surface area contributed by atoms with Crippen LogP contribution in [0, 0.1) is 5.41 Å². The van der Waals surface area contributed by atoms with Crippen molar-refractivity contribution in [3.8, 4) is 0 Å². The van der Waals surface area contributed by atoms with E-state index < -0.39 is 120 Å². The van der Waals surface area contributed by atoms with Crippen molar-refractivity contribution in [2.45, 2.75) is 101 Å². The fourth-order valence-corrected chi connectivity index (χ4v) is 5.90. The van der Waals surface area contributed by atoms with Crippen LogP contribution in [0.15, 0.2) is 28.1 Å². The van der Waals surface area contributed by atoms with E-state index in [0.29, 0.717) is 0 Å². The molecule has 18 nitrogen and oxygen atoms in total. The van der Waals surface area contributed by atoms with E-state index in [2.05, 4.69) is 17.2 Å². The summed E-state index contributed by atoms with van der Waals surface area (Å²) in [5.74, 6) is -7.29. The predicted octanol–water partition coefficient (Wildman–Crippen LogP) is -0.928. The van der Waals surface area contributed by atoms with Gasteiger partial charge in [0.1, 0.15) is 54.2 Å². The van der Waals surface area contributed by atoms with Crippen molar-refractivity contribution in [2.24, 2.45) is 4.99 Å². The molecule has 10 unspecified atom stereocenters. The maximum atomic E-state index is 13.1. The van der Waals surface area contributed by atoms with Crippen LogP contribution in [-0.2, 0) is 52.4 Å². The number of thiocarbonyl (C=S) groups is 1. The number of rotatable bonds is 11. The normalized spacial score (nSPS) is 35.8. The summed E-state index contributed by atoms with van der Waals surface area (Å²) in [6.07, 6.45) is -13.9. The molecule has 48 heavy (non-hydrogen) atoms. The Kier molecular flexibility index (Phi) is 12.2. The van der Waals surface area contributed by atoms with Crippen LogP contribution in [-0.4, -0.2) is 140 Å². The molecule has 2 aliphatic heterocycles. The highest BCUT2D eigenvalue weighted by Crippen LogP contribution is 2.42. The topological polar surface area (TPSA) is 278 Å². The first-order chi connectivity index (χ1) is 22.4. The van der Waals surface area contributed by atoms with Gasteiger partial charge in [0.2, 0.25) is 0 Å². The van der Waals surface area contributed by atoms with Gasteiger partial charge in [-0.1, -0.05) is 6.08 Å². The number of ketones is 2. The first-order valence-electron chi connectivity index (χ1n) is 14.4. The third kappa shape index (κ3) is 7.29. The van der Waals surface area contributed by atoms with Gasteiger partial charge >= 0.3 is 17.9 Å². The molecular formula is C29H36N2O16S. The number of hydrogen-bond acceptors (Lipinski definition) is 18. The number of aliphatic carboxylic acids is 1. The Hall–Kier alpha value is -3.78. The Bertz CT molecular complexity index is 1470. The molecule has 1 aliphatic carbocycles. The summed E-state index contributed by atoms with van der Waals surface area (Å²) in [5, 5.41) is 64.8. The summed E-state index contributed by atoms with van der Waals surface area (Å²) in [7, 11) is 1.21. The standard InChI is InChI=1S/C29H36N2O16S/c1-6-14(31-10-48)27(39)47-22-16(9-43-13(4)33)45-25(28(40)8-15(34)20(30)19(24(28)36)26(37)38)21(35)23(22)46-18-7-17(42-5)29(41,11(2)32)12(3)44-18/h6,12,16-18,21-23,25,30,35-36,40-41H,7-9H2,1-5H3,(H,37,38). The van der Waals surface area contributed by atoms with Crippen LogP contribution < -0.4 is 0 Å². The maximum absolute atomic E-state index is 13.1. The molecule has 2 saturated heterocycles. The van der Waals surface area contributed by atoms with Gasteiger partial charge in [-0.25, -0.2) is 9.59 Å². The number of carboxylic acid groups (broad SMARTS) is 1. The Labute approximate surface area is 278 Å². The molecule has 0 spiro atoms. The molecule has 0 saturated carbocycles. The van der Waals surface area contributed by atoms with E-state index in [0.717, 1.165) is 13.8 Å². The van der Waals surface area contributed by atoms with Crippen LogP contribution in [0.3, 0.4) is 0 Å². The van der Waals surface area contributed by atoms with Crippen LogP contribution in [0.25, 0.3) is 0 Å². The number of hydrogen-bond donors (Lipinski definition) is 6. The van der Waals surface area contributed by atoms with Gasteiger partial charge in [0, 0.05) is 20.5 Å². The molecule has 19 heteroatoms. The Morgan fingerprint density at radius 2 is 1.83 bits per heavy atom. The minimum absolute atomic E-state index is 0.357. The summed E-state index contributed by atoms with van der Waals surface area (Å²) in [4.78, 5) is 65.5. The number of aliphatic hydroxyl groups excluding tert-OH is 2. The van der Waals surface area contributed by atoms with Crippen molar-refractivity contribution in [3.63, 3.8) is 0 Å². The number of carbonyl (C=O) groups excluding carboxylic acids is 4. The molecule has 10 atom stereocenters. The average Bonchev–Trinajstić information content (AvgIpc) is 3.01. The van der Waals surface area contributed by atoms with E-state index in [1.54, 1.807) is 0 Å². The van der Waals surface area contributed by atoms with Crippen molar-refractivity contribution < 1.29 is 77.9 Å². The quantitative estimate of drug-likeness (QED) is 0.0657. The summed E-state index contributed by atoms with van der Waals surface area (Å²) in [6, 6.07) is 0. The van der Waals surface area contributed by atoms with Gasteiger partial charge in [0.15, 0.2) is 40.9 Å². The first kappa shape index (κ1) is 38.7. The van der Waals surface area contributed by atoms with Crippen LogP contribution in [0.2, 0.25) is 0 Å². The summed E-state index contributed by atoms with van der Waals surface area (Å²) >= 11 is 4.56. The maximum Gasteiger partial charge on any atom is 0.357 e. The number of nitrogens with one attached hydrogen (secondary N) is 1. The predicted molar refractivity (Wildman–Crippen MR) is 160 cm³/mol. The van der Waals surface area contributed by atoms with Crippen LogP contribution in [0.1, 0.15) is 40.5 Å². The molecule has 0 aromatic carbocycles. The third-order valence-electron chi connectivity index (χ3n) is 8.32. The van der Waals surface area contributed by atoms with Crippen molar-refractivity contribution >= 4 is 52.6 Å². The molecule has 6 N–H and O–H groups in total. The zero-order chi connectivity index (χ0) is 36.3.